The lowest BCUT2D eigenvalue weighted by Gasteiger charge is -2.09. The summed E-state index contributed by atoms with van der Waals surface area (Å²) in [6, 6.07) is 1.59. The second-order valence-electron chi connectivity index (χ2n) is 4.14. The smallest absolute Gasteiger partial charge is 0.173 e. The van der Waals surface area contributed by atoms with Gasteiger partial charge < -0.3 is 9.55 Å². The van der Waals surface area contributed by atoms with Crippen molar-refractivity contribution in [3.63, 3.8) is 0 Å². The number of aromatic amines is 1. The monoisotopic (exact) mass is 279 g/mol. The molecule has 8 heteroatoms. The number of nitrogens with zero attached hydrogens (tertiary/aromatic N) is 3. The van der Waals surface area contributed by atoms with E-state index in [4.69, 9.17) is 5.41 Å². The van der Waals surface area contributed by atoms with Gasteiger partial charge in [-0.25, -0.2) is 23.1 Å². The SMILES string of the molecule is N=c1ncn(Cc2c(F)ccc(F)c2F)c2nc[nH]c12. The van der Waals surface area contributed by atoms with Crippen LogP contribution in [0.25, 0.3) is 11.2 Å². The number of aromatic nitrogens is 4. The van der Waals surface area contributed by atoms with Crippen LogP contribution in [0.2, 0.25) is 0 Å². The average Bonchev–Trinajstić information content (AvgIpc) is 2.92. The van der Waals surface area contributed by atoms with E-state index in [1.807, 2.05) is 0 Å². The van der Waals surface area contributed by atoms with Crippen LogP contribution in [-0.4, -0.2) is 19.5 Å². The van der Waals surface area contributed by atoms with Gasteiger partial charge in [0.15, 0.2) is 22.8 Å². The first-order valence-electron chi connectivity index (χ1n) is 5.63. The predicted octanol–water partition coefficient (Wildman–Crippen LogP) is 1.70. The van der Waals surface area contributed by atoms with Gasteiger partial charge in [0, 0.05) is 5.56 Å². The molecule has 0 aliphatic carbocycles. The lowest BCUT2D eigenvalue weighted by molar-refractivity contribution is 0.475. The molecule has 2 N–H and O–H groups in total. The number of fused-ring (bicyclic) bond motifs is 1. The number of rotatable bonds is 2. The maximum atomic E-state index is 13.6. The van der Waals surface area contributed by atoms with E-state index in [2.05, 4.69) is 15.0 Å². The molecule has 0 aliphatic heterocycles. The standard InChI is InChI=1S/C12H8F3N5/c13-7-1-2-8(14)9(15)6(7)3-20-5-19-11(16)10-12(20)18-4-17-10/h1-2,4-5,16H,3H2,(H,17,18). The van der Waals surface area contributed by atoms with Crippen LogP contribution in [0, 0.1) is 22.9 Å². The summed E-state index contributed by atoms with van der Waals surface area (Å²) in [4.78, 5) is 10.5. The molecular formula is C12H8F3N5. The third kappa shape index (κ3) is 1.85. The largest absolute Gasteiger partial charge is 0.340 e. The van der Waals surface area contributed by atoms with Crippen LogP contribution in [-0.2, 0) is 6.54 Å². The van der Waals surface area contributed by atoms with E-state index in [-0.39, 0.29) is 12.0 Å². The van der Waals surface area contributed by atoms with Crippen molar-refractivity contribution in [2.24, 2.45) is 0 Å². The first-order valence-corrected chi connectivity index (χ1v) is 5.63. The Morgan fingerprint density at radius 3 is 2.70 bits per heavy atom. The van der Waals surface area contributed by atoms with Gasteiger partial charge >= 0.3 is 0 Å². The zero-order valence-corrected chi connectivity index (χ0v) is 9.99. The second-order valence-corrected chi connectivity index (χ2v) is 4.14. The summed E-state index contributed by atoms with van der Waals surface area (Å²) in [6.07, 6.45) is 2.58. The maximum Gasteiger partial charge on any atom is 0.173 e. The highest BCUT2D eigenvalue weighted by molar-refractivity contribution is 5.68. The molecule has 0 bridgehead atoms. The topological polar surface area (TPSA) is 70.3 Å². The molecule has 2 heterocycles. The minimum atomic E-state index is -1.24. The predicted molar refractivity (Wildman–Crippen MR) is 63.2 cm³/mol. The molecule has 102 valence electrons. The first-order chi connectivity index (χ1) is 9.58. The number of hydrogen-bond acceptors (Lipinski definition) is 3. The van der Waals surface area contributed by atoms with E-state index in [9.17, 15) is 13.2 Å². The van der Waals surface area contributed by atoms with Crippen molar-refractivity contribution in [3.05, 3.63) is 53.3 Å². The molecular weight excluding hydrogens is 271 g/mol. The van der Waals surface area contributed by atoms with Gasteiger partial charge in [-0.2, -0.15) is 0 Å². The van der Waals surface area contributed by atoms with Gasteiger partial charge in [-0.05, 0) is 12.1 Å². The Bertz CT molecular complexity index is 852. The first kappa shape index (κ1) is 12.4. The van der Waals surface area contributed by atoms with E-state index in [0.29, 0.717) is 11.2 Å². The highest BCUT2D eigenvalue weighted by Gasteiger charge is 2.15. The van der Waals surface area contributed by atoms with E-state index < -0.39 is 23.0 Å². The molecule has 3 rings (SSSR count). The number of halogens is 3. The van der Waals surface area contributed by atoms with Crippen LogP contribution < -0.4 is 5.49 Å². The third-order valence-electron chi connectivity index (χ3n) is 2.92. The third-order valence-corrected chi connectivity index (χ3v) is 2.92. The lowest BCUT2D eigenvalue weighted by Crippen LogP contribution is -2.14. The normalized spacial score (nSPS) is 11.2. The summed E-state index contributed by atoms with van der Waals surface area (Å²) in [5, 5.41) is 7.57. The number of hydrogen-bond donors (Lipinski definition) is 2. The molecule has 0 spiro atoms. The van der Waals surface area contributed by atoms with E-state index >= 15 is 0 Å². The molecule has 0 atom stereocenters. The fraction of sp³-hybridized carbons (Fsp3) is 0.0833. The summed E-state index contributed by atoms with van der Waals surface area (Å²) < 4.78 is 41.8. The molecule has 0 fully saturated rings. The molecule has 20 heavy (non-hydrogen) atoms. The van der Waals surface area contributed by atoms with Gasteiger partial charge in [-0.1, -0.05) is 0 Å². The summed E-state index contributed by atoms with van der Waals surface area (Å²) in [5.74, 6) is -3.21. The summed E-state index contributed by atoms with van der Waals surface area (Å²) in [6.45, 7) is -0.274. The Labute approximate surface area is 110 Å². The van der Waals surface area contributed by atoms with Gasteiger partial charge in [0.1, 0.15) is 11.3 Å². The number of nitrogens with one attached hydrogen (secondary N) is 2. The zero-order chi connectivity index (χ0) is 14.3. The van der Waals surface area contributed by atoms with E-state index in [1.165, 1.54) is 17.2 Å². The van der Waals surface area contributed by atoms with Gasteiger partial charge in [0.05, 0.1) is 19.2 Å². The maximum absolute atomic E-state index is 13.6. The Hall–Kier alpha value is -2.64. The van der Waals surface area contributed by atoms with Crippen molar-refractivity contribution in [2.75, 3.05) is 0 Å². The van der Waals surface area contributed by atoms with Crippen LogP contribution in [0.3, 0.4) is 0 Å². The molecule has 0 aliphatic rings. The quantitative estimate of drug-likeness (QED) is 0.701. The Morgan fingerprint density at radius 2 is 1.90 bits per heavy atom. The van der Waals surface area contributed by atoms with Crippen molar-refractivity contribution in [1.82, 2.24) is 19.5 Å². The molecule has 0 saturated heterocycles. The van der Waals surface area contributed by atoms with Crippen molar-refractivity contribution in [2.45, 2.75) is 6.54 Å². The number of benzene rings is 1. The van der Waals surface area contributed by atoms with Crippen molar-refractivity contribution in [3.8, 4) is 0 Å². The van der Waals surface area contributed by atoms with Gasteiger partial charge in [0.25, 0.3) is 0 Å². The Balaban J connectivity index is 2.15. The number of H-pyrrole nitrogens is 1. The van der Waals surface area contributed by atoms with Crippen molar-refractivity contribution in [1.29, 1.82) is 5.41 Å². The van der Waals surface area contributed by atoms with Crippen LogP contribution in [0.5, 0.6) is 0 Å². The molecule has 3 aromatic rings. The van der Waals surface area contributed by atoms with E-state index in [1.54, 1.807) is 0 Å². The second kappa shape index (κ2) is 4.48. The van der Waals surface area contributed by atoms with Crippen molar-refractivity contribution < 1.29 is 13.2 Å². The minimum absolute atomic E-state index is 0.0334. The highest BCUT2D eigenvalue weighted by Crippen LogP contribution is 2.18. The Morgan fingerprint density at radius 1 is 1.15 bits per heavy atom. The average molecular weight is 279 g/mol. The summed E-state index contributed by atoms with van der Waals surface area (Å²) in [7, 11) is 0. The van der Waals surface area contributed by atoms with Crippen LogP contribution in [0.4, 0.5) is 13.2 Å². The fourth-order valence-corrected chi connectivity index (χ4v) is 1.93. The molecule has 5 nitrogen and oxygen atoms in total. The van der Waals surface area contributed by atoms with Gasteiger partial charge in [-0.3, -0.25) is 5.41 Å². The van der Waals surface area contributed by atoms with Crippen LogP contribution in [0.1, 0.15) is 5.56 Å². The lowest BCUT2D eigenvalue weighted by atomic mass is 10.2. The Kier molecular flexibility index (Phi) is 2.78. The number of imidazole rings is 1. The molecule has 0 amide bonds. The minimum Gasteiger partial charge on any atom is -0.340 e. The van der Waals surface area contributed by atoms with Gasteiger partial charge in [-0.15, -0.1) is 0 Å². The van der Waals surface area contributed by atoms with E-state index in [0.717, 1.165) is 12.1 Å². The van der Waals surface area contributed by atoms with Crippen LogP contribution in [0.15, 0.2) is 24.8 Å². The highest BCUT2D eigenvalue weighted by atomic mass is 19.2. The summed E-state index contributed by atoms with van der Waals surface area (Å²) in [5.41, 5.74) is 0.200. The zero-order valence-electron chi connectivity index (χ0n) is 9.99. The van der Waals surface area contributed by atoms with Gasteiger partial charge in [0.2, 0.25) is 0 Å². The molecule has 0 unspecified atom stereocenters. The molecule has 0 saturated carbocycles. The summed E-state index contributed by atoms with van der Waals surface area (Å²) >= 11 is 0. The fourth-order valence-electron chi connectivity index (χ4n) is 1.93. The molecule has 0 radical (unpaired) electrons. The van der Waals surface area contributed by atoms with Crippen molar-refractivity contribution >= 4 is 11.2 Å². The van der Waals surface area contributed by atoms with Crippen LogP contribution >= 0.6 is 0 Å². The molecule has 2 aromatic heterocycles. The molecule has 1 aromatic carbocycles.